The third-order valence-electron chi connectivity index (χ3n) is 5.08. The van der Waals surface area contributed by atoms with Crippen LogP contribution >= 0.6 is 0 Å². The molecule has 8 heteroatoms. The molecule has 0 spiro atoms. The van der Waals surface area contributed by atoms with Gasteiger partial charge in [0.15, 0.2) is 0 Å². The second kappa shape index (κ2) is 8.34. The molecule has 0 saturated carbocycles. The Morgan fingerprint density at radius 2 is 1.72 bits per heavy atom. The van der Waals surface area contributed by atoms with Crippen LogP contribution in [0.25, 0.3) is 0 Å². The van der Waals surface area contributed by atoms with E-state index in [4.69, 9.17) is 0 Å². The van der Waals surface area contributed by atoms with E-state index in [9.17, 15) is 18.0 Å². The molecule has 2 aromatic rings. The molecule has 1 aliphatic heterocycles. The van der Waals surface area contributed by atoms with Crippen LogP contribution < -0.4 is 10.2 Å². The van der Waals surface area contributed by atoms with Gasteiger partial charge in [-0.3, -0.25) is 9.59 Å². The van der Waals surface area contributed by atoms with E-state index in [0.717, 1.165) is 17.7 Å². The normalized spacial score (nSPS) is 13.4. The Hall–Kier alpha value is -2.71. The van der Waals surface area contributed by atoms with Gasteiger partial charge in [0, 0.05) is 43.5 Å². The molecule has 0 bridgehead atoms. The van der Waals surface area contributed by atoms with E-state index < -0.39 is 10.0 Å². The molecule has 29 heavy (non-hydrogen) atoms. The Morgan fingerprint density at radius 3 is 2.31 bits per heavy atom. The van der Waals surface area contributed by atoms with Crippen LogP contribution in [-0.2, 0) is 21.2 Å². The van der Waals surface area contributed by atoms with Gasteiger partial charge < -0.3 is 10.2 Å². The lowest BCUT2D eigenvalue weighted by molar-refractivity contribution is -0.116. The van der Waals surface area contributed by atoms with Crippen molar-refractivity contribution in [3.63, 3.8) is 0 Å². The van der Waals surface area contributed by atoms with Gasteiger partial charge in [-0.2, -0.15) is 4.31 Å². The number of hydrogen-bond donors (Lipinski definition) is 1. The molecule has 0 atom stereocenters. The van der Waals surface area contributed by atoms with Crippen molar-refractivity contribution >= 4 is 33.2 Å². The highest BCUT2D eigenvalue weighted by atomic mass is 32.2. The van der Waals surface area contributed by atoms with Crippen molar-refractivity contribution in [1.29, 1.82) is 0 Å². The zero-order valence-electron chi connectivity index (χ0n) is 16.8. The van der Waals surface area contributed by atoms with Gasteiger partial charge in [0.05, 0.1) is 4.90 Å². The minimum absolute atomic E-state index is 0.0303. The molecule has 3 rings (SSSR count). The molecule has 0 fully saturated rings. The standard InChI is InChI=1S/C21H25N3O4S/c1-4-23(5-2)29(27,28)19-10-7-17(8-11-19)21(26)22-18-9-6-16-12-13-24(15(3)25)20(16)14-18/h6-11,14H,4-5,12-13H2,1-3H3,(H,22,26). The van der Waals surface area contributed by atoms with Crippen LogP contribution in [-0.4, -0.2) is 44.2 Å². The smallest absolute Gasteiger partial charge is 0.255 e. The van der Waals surface area contributed by atoms with Gasteiger partial charge in [-0.05, 0) is 48.4 Å². The number of sulfonamides is 1. The Bertz CT molecular complexity index is 1030. The van der Waals surface area contributed by atoms with Crippen molar-refractivity contribution in [3.05, 3.63) is 53.6 Å². The SMILES string of the molecule is CCN(CC)S(=O)(=O)c1ccc(C(=O)Nc2ccc3c(c2)N(C(C)=O)CC3)cc1. The first-order chi connectivity index (χ1) is 13.8. The summed E-state index contributed by atoms with van der Waals surface area (Å²) in [6.07, 6.45) is 0.797. The molecule has 1 N–H and O–H groups in total. The first-order valence-corrected chi connectivity index (χ1v) is 11.0. The summed E-state index contributed by atoms with van der Waals surface area (Å²) in [5.74, 6) is -0.374. The van der Waals surface area contributed by atoms with Gasteiger partial charge in [-0.15, -0.1) is 0 Å². The predicted octanol–water partition coefficient (Wildman–Crippen LogP) is 2.88. The van der Waals surface area contributed by atoms with Crippen molar-refractivity contribution in [2.75, 3.05) is 29.9 Å². The number of carbonyl (C=O) groups is 2. The number of nitrogens with one attached hydrogen (secondary N) is 1. The van der Waals surface area contributed by atoms with Crippen LogP contribution in [0.5, 0.6) is 0 Å². The third kappa shape index (κ3) is 4.18. The molecule has 1 heterocycles. The van der Waals surface area contributed by atoms with E-state index in [1.807, 2.05) is 6.07 Å². The maximum atomic E-state index is 12.6. The van der Waals surface area contributed by atoms with E-state index >= 15 is 0 Å². The highest BCUT2D eigenvalue weighted by molar-refractivity contribution is 7.89. The van der Waals surface area contributed by atoms with Gasteiger partial charge in [-0.25, -0.2) is 8.42 Å². The van der Waals surface area contributed by atoms with Gasteiger partial charge in [0.25, 0.3) is 5.91 Å². The molecule has 7 nitrogen and oxygen atoms in total. The van der Waals surface area contributed by atoms with Crippen LogP contribution in [0.2, 0.25) is 0 Å². The fraction of sp³-hybridized carbons (Fsp3) is 0.333. The number of anilines is 2. The topological polar surface area (TPSA) is 86.8 Å². The van der Waals surface area contributed by atoms with Gasteiger partial charge >= 0.3 is 0 Å². The minimum Gasteiger partial charge on any atom is -0.322 e. The molecule has 0 aromatic heterocycles. The average Bonchev–Trinajstić information content (AvgIpc) is 3.12. The fourth-order valence-corrected chi connectivity index (χ4v) is 4.94. The molecule has 0 saturated heterocycles. The highest BCUT2D eigenvalue weighted by Crippen LogP contribution is 2.31. The van der Waals surface area contributed by atoms with Crippen molar-refractivity contribution < 1.29 is 18.0 Å². The summed E-state index contributed by atoms with van der Waals surface area (Å²) < 4.78 is 26.5. The lowest BCUT2D eigenvalue weighted by atomic mass is 10.1. The Kier molecular flexibility index (Phi) is 6.04. The number of benzene rings is 2. The first-order valence-electron chi connectivity index (χ1n) is 9.60. The van der Waals surface area contributed by atoms with Crippen LogP contribution in [0, 0.1) is 0 Å². The Morgan fingerprint density at radius 1 is 1.07 bits per heavy atom. The van der Waals surface area contributed by atoms with Gasteiger partial charge in [-0.1, -0.05) is 19.9 Å². The van der Waals surface area contributed by atoms with Crippen LogP contribution in [0.1, 0.15) is 36.7 Å². The van der Waals surface area contributed by atoms with E-state index in [2.05, 4.69) is 5.32 Å². The van der Waals surface area contributed by atoms with E-state index in [1.165, 1.54) is 35.5 Å². The van der Waals surface area contributed by atoms with Crippen molar-refractivity contribution in [2.45, 2.75) is 32.1 Å². The largest absolute Gasteiger partial charge is 0.322 e. The minimum atomic E-state index is -3.56. The first kappa shape index (κ1) is 21.0. The second-order valence-electron chi connectivity index (χ2n) is 6.83. The van der Waals surface area contributed by atoms with Gasteiger partial charge in [0.1, 0.15) is 0 Å². The van der Waals surface area contributed by atoms with Crippen LogP contribution in [0.15, 0.2) is 47.4 Å². The summed E-state index contributed by atoms with van der Waals surface area (Å²) in [5.41, 5.74) is 2.83. The maximum absolute atomic E-state index is 12.6. The molecule has 154 valence electrons. The van der Waals surface area contributed by atoms with E-state index in [0.29, 0.717) is 30.9 Å². The molecular weight excluding hydrogens is 390 g/mol. The van der Waals surface area contributed by atoms with Crippen molar-refractivity contribution in [3.8, 4) is 0 Å². The molecule has 0 radical (unpaired) electrons. The number of rotatable bonds is 6. The lowest BCUT2D eigenvalue weighted by Crippen LogP contribution is -2.30. The van der Waals surface area contributed by atoms with E-state index in [1.54, 1.807) is 30.9 Å². The lowest BCUT2D eigenvalue weighted by Gasteiger charge is -2.18. The van der Waals surface area contributed by atoms with Crippen LogP contribution in [0.4, 0.5) is 11.4 Å². The summed E-state index contributed by atoms with van der Waals surface area (Å²) in [6.45, 7) is 6.51. The molecule has 2 amide bonds. The third-order valence-corrected chi connectivity index (χ3v) is 7.14. The highest BCUT2D eigenvalue weighted by Gasteiger charge is 2.23. The van der Waals surface area contributed by atoms with Gasteiger partial charge in [0.2, 0.25) is 15.9 Å². The number of nitrogens with zero attached hydrogens (tertiary/aromatic N) is 2. The molecular formula is C21H25N3O4S. The average molecular weight is 416 g/mol. The summed E-state index contributed by atoms with van der Waals surface area (Å²) in [7, 11) is -3.56. The fourth-order valence-electron chi connectivity index (χ4n) is 3.48. The number of hydrogen-bond acceptors (Lipinski definition) is 4. The summed E-state index contributed by atoms with van der Waals surface area (Å²) in [6, 6.07) is 11.4. The number of amides is 2. The zero-order valence-corrected chi connectivity index (χ0v) is 17.6. The quantitative estimate of drug-likeness (QED) is 0.786. The second-order valence-corrected chi connectivity index (χ2v) is 8.77. The molecule has 2 aromatic carbocycles. The Balaban J connectivity index is 1.77. The monoisotopic (exact) mass is 415 g/mol. The molecule has 0 unspecified atom stereocenters. The molecule has 0 aliphatic carbocycles. The van der Waals surface area contributed by atoms with E-state index in [-0.39, 0.29) is 16.7 Å². The number of fused-ring (bicyclic) bond motifs is 1. The predicted molar refractivity (Wildman–Crippen MR) is 113 cm³/mol. The number of carbonyl (C=O) groups excluding carboxylic acids is 2. The van der Waals surface area contributed by atoms with Crippen molar-refractivity contribution in [2.24, 2.45) is 0 Å². The summed E-state index contributed by atoms with van der Waals surface area (Å²) in [4.78, 5) is 26.2. The summed E-state index contributed by atoms with van der Waals surface area (Å²) >= 11 is 0. The summed E-state index contributed by atoms with van der Waals surface area (Å²) in [5, 5.41) is 2.81. The van der Waals surface area contributed by atoms with Crippen LogP contribution in [0.3, 0.4) is 0 Å². The zero-order chi connectivity index (χ0) is 21.2. The Labute approximate surface area is 171 Å². The van der Waals surface area contributed by atoms with Crippen molar-refractivity contribution in [1.82, 2.24) is 4.31 Å². The maximum Gasteiger partial charge on any atom is 0.255 e. The molecule has 1 aliphatic rings.